The fourth-order valence-corrected chi connectivity index (χ4v) is 2.23. The molecular formula is C19H21NOSi. The molecule has 0 aliphatic heterocycles. The van der Waals surface area contributed by atoms with Crippen molar-refractivity contribution < 1.29 is 4.84 Å². The molecule has 0 saturated carbocycles. The molecule has 0 radical (unpaired) electrons. The lowest BCUT2D eigenvalue weighted by molar-refractivity contribution is 0.131. The molecule has 0 N–H and O–H groups in total. The predicted molar refractivity (Wildman–Crippen MR) is 95.3 cm³/mol. The minimum absolute atomic E-state index is 0.450. The second kappa shape index (κ2) is 7.63. The summed E-state index contributed by atoms with van der Waals surface area (Å²) >= 11 is 0. The number of hydrogen-bond donors (Lipinski definition) is 0. The molecule has 22 heavy (non-hydrogen) atoms. The lowest BCUT2D eigenvalue weighted by Crippen LogP contribution is -2.17. The molecule has 0 saturated heterocycles. The molecule has 0 atom stereocenters. The largest absolute Gasteiger partial charge is 0.390 e. The molecule has 3 heteroatoms. The molecule has 2 rings (SSSR count). The highest BCUT2D eigenvalue weighted by molar-refractivity contribution is 6.84. The van der Waals surface area contributed by atoms with E-state index in [0.29, 0.717) is 12.3 Å². The Kier molecular flexibility index (Phi) is 5.57. The van der Waals surface area contributed by atoms with Crippen LogP contribution in [0.2, 0.25) is 19.6 Å². The first kappa shape index (κ1) is 16.1. The summed E-state index contributed by atoms with van der Waals surface area (Å²) in [6.07, 6.45) is 0. The molecule has 2 aromatic carbocycles. The van der Waals surface area contributed by atoms with Crippen molar-refractivity contribution in [2.45, 2.75) is 26.2 Å². The van der Waals surface area contributed by atoms with E-state index in [2.05, 4.69) is 36.3 Å². The normalized spacial score (nSPS) is 11.5. The van der Waals surface area contributed by atoms with Crippen LogP contribution in [0, 0.1) is 11.5 Å². The zero-order valence-corrected chi connectivity index (χ0v) is 14.3. The zero-order chi connectivity index (χ0) is 15.8. The van der Waals surface area contributed by atoms with Gasteiger partial charge in [0.05, 0.1) is 0 Å². The second-order valence-electron chi connectivity index (χ2n) is 6.06. The SMILES string of the molecule is C[Si](C)(C)C#C/C(=N/OCc1ccccc1)c1ccccc1. The zero-order valence-electron chi connectivity index (χ0n) is 13.3. The highest BCUT2D eigenvalue weighted by Crippen LogP contribution is 2.05. The number of rotatable bonds is 4. The smallest absolute Gasteiger partial charge is 0.159 e. The minimum Gasteiger partial charge on any atom is -0.390 e. The average Bonchev–Trinajstić information content (AvgIpc) is 2.51. The maximum atomic E-state index is 5.50. The Morgan fingerprint density at radius 3 is 2.14 bits per heavy atom. The van der Waals surface area contributed by atoms with Crippen LogP contribution in [-0.4, -0.2) is 13.8 Å². The molecule has 2 nitrogen and oxygen atoms in total. The maximum absolute atomic E-state index is 5.50. The van der Waals surface area contributed by atoms with Gasteiger partial charge >= 0.3 is 0 Å². The van der Waals surface area contributed by atoms with Gasteiger partial charge in [-0.25, -0.2) is 0 Å². The van der Waals surface area contributed by atoms with Gasteiger partial charge in [-0.2, -0.15) is 0 Å². The van der Waals surface area contributed by atoms with Crippen LogP contribution >= 0.6 is 0 Å². The van der Waals surface area contributed by atoms with Crippen LogP contribution in [0.15, 0.2) is 65.8 Å². The van der Waals surface area contributed by atoms with E-state index in [4.69, 9.17) is 4.84 Å². The average molecular weight is 307 g/mol. The molecule has 0 heterocycles. The maximum Gasteiger partial charge on any atom is 0.159 e. The van der Waals surface area contributed by atoms with Crippen LogP contribution in [0.1, 0.15) is 11.1 Å². The van der Waals surface area contributed by atoms with Gasteiger partial charge in [0.25, 0.3) is 0 Å². The Balaban J connectivity index is 2.17. The molecular weight excluding hydrogens is 286 g/mol. The van der Waals surface area contributed by atoms with Crippen molar-refractivity contribution in [3.05, 3.63) is 71.8 Å². The van der Waals surface area contributed by atoms with Crippen LogP contribution in [0.25, 0.3) is 0 Å². The number of benzene rings is 2. The Morgan fingerprint density at radius 1 is 0.955 bits per heavy atom. The highest BCUT2D eigenvalue weighted by Gasteiger charge is 2.09. The van der Waals surface area contributed by atoms with Crippen LogP contribution < -0.4 is 0 Å². The third-order valence-electron chi connectivity index (χ3n) is 2.83. The van der Waals surface area contributed by atoms with Crippen LogP contribution in [-0.2, 0) is 11.4 Å². The summed E-state index contributed by atoms with van der Waals surface area (Å²) in [4.78, 5) is 5.50. The molecule has 0 aromatic heterocycles. The van der Waals surface area contributed by atoms with E-state index in [1.54, 1.807) is 0 Å². The molecule has 0 bridgehead atoms. The lowest BCUT2D eigenvalue weighted by atomic mass is 10.1. The van der Waals surface area contributed by atoms with E-state index in [-0.39, 0.29) is 0 Å². The summed E-state index contributed by atoms with van der Waals surface area (Å²) in [5, 5.41) is 4.26. The van der Waals surface area contributed by atoms with Crippen molar-refractivity contribution in [1.82, 2.24) is 0 Å². The summed E-state index contributed by atoms with van der Waals surface area (Å²) < 4.78 is 0. The molecule has 0 fully saturated rings. The summed E-state index contributed by atoms with van der Waals surface area (Å²) in [6, 6.07) is 20.0. The van der Waals surface area contributed by atoms with E-state index in [0.717, 1.165) is 11.1 Å². The Morgan fingerprint density at radius 2 is 1.55 bits per heavy atom. The predicted octanol–water partition coefficient (Wildman–Crippen LogP) is 4.49. The molecule has 0 spiro atoms. The number of nitrogens with zero attached hydrogens (tertiary/aromatic N) is 1. The van der Waals surface area contributed by atoms with Crippen molar-refractivity contribution in [2.24, 2.45) is 5.16 Å². The topological polar surface area (TPSA) is 21.6 Å². The van der Waals surface area contributed by atoms with Crippen LogP contribution in [0.5, 0.6) is 0 Å². The van der Waals surface area contributed by atoms with Crippen molar-refractivity contribution in [3.63, 3.8) is 0 Å². The Labute approximate surface area is 133 Å². The van der Waals surface area contributed by atoms with Crippen LogP contribution in [0.3, 0.4) is 0 Å². The third kappa shape index (κ3) is 5.59. The molecule has 2 aromatic rings. The quantitative estimate of drug-likeness (QED) is 0.353. The summed E-state index contributed by atoms with van der Waals surface area (Å²) in [5.41, 5.74) is 6.12. The summed E-state index contributed by atoms with van der Waals surface area (Å²) in [7, 11) is -1.45. The standard InChI is InChI=1S/C19H21NOSi/c1-22(2,3)15-14-19(18-12-8-5-9-13-18)20-21-16-17-10-6-4-7-11-17/h4-13H,16H2,1-3H3/b20-19-. The van der Waals surface area contributed by atoms with E-state index >= 15 is 0 Å². The van der Waals surface area contributed by atoms with Gasteiger partial charge in [0, 0.05) is 5.56 Å². The molecule has 112 valence electrons. The van der Waals surface area contributed by atoms with E-state index in [1.165, 1.54) is 0 Å². The minimum atomic E-state index is -1.45. The van der Waals surface area contributed by atoms with E-state index in [9.17, 15) is 0 Å². The fraction of sp³-hybridized carbons (Fsp3) is 0.211. The van der Waals surface area contributed by atoms with Crippen LogP contribution in [0.4, 0.5) is 0 Å². The molecule has 0 unspecified atom stereocenters. The van der Waals surface area contributed by atoms with Crippen molar-refractivity contribution in [1.29, 1.82) is 0 Å². The fourth-order valence-electron chi connectivity index (χ4n) is 1.74. The van der Waals surface area contributed by atoms with E-state index < -0.39 is 8.07 Å². The van der Waals surface area contributed by atoms with Gasteiger partial charge in [0.2, 0.25) is 0 Å². The molecule has 0 amide bonds. The Bertz CT molecular complexity index is 676. The van der Waals surface area contributed by atoms with Gasteiger partial charge in [0.15, 0.2) is 5.71 Å². The van der Waals surface area contributed by atoms with Crippen molar-refractivity contribution >= 4 is 13.8 Å². The first-order valence-corrected chi connectivity index (χ1v) is 10.9. The van der Waals surface area contributed by atoms with Crippen molar-refractivity contribution in [3.8, 4) is 11.5 Å². The second-order valence-corrected chi connectivity index (χ2v) is 10.8. The van der Waals surface area contributed by atoms with Gasteiger partial charge in [-0.3, -0.25) is 0 Å². The first-order valence-electron chi connectivity index (χ1n) is 7.37. The molecule has 0 aliphatic carbocycles. The van der Waals surface area contributed by atoms with Gasteiger partial charge in [-0.15, -0.1) is 5.54 Å². The van der Waals surface area contributed by atoms with Gasteiger partial charge in [-0.1, -0.05) is 85.5 Å². The van der Waals surface area contributed by atoms with Gasteiger partial charge in [-0.05, 0) is 11.5 Å². The van der Waals surface area contributed by atoms with Gasteiger partial charge in [0.1, 0.15) is 14.7 Å². The molecule has 0 aliphatic rings. The number of hydrogen-bond acceptors (Lipinski definition) is 2. The van der Waals surface area contributed by atoms with Gasteiger partial charge < -0.3 is 4.84 Å². The van der Waals surface area contributed by atoms with E-state index in [1.807, 2.05) is 60.7 Å². The lowest BCUT2D eigenvalue weighted by Gasteiger charge is -2.05. The highest BCUT2D eigenvalue weighted by atomic mass is 28.3. The van der Waals surface area contributed by atoms with Crippen molar-refractivity contribution in [2.75, 3.05) is 0 Å². The first-order chi connectivity index (χ1) is 10.5. The number of oxime groups is 1. The Hall–Kier alpha value is -2.31. The monoisotopic (exact) mass is 307 g/mol. The third-order valence-corrected chi connectivity index (χ3v) is 3.71. The summed E-state index contributed by atoms with van der Waals surface area (Å²) in [5.74, 6) is 3.20. The summed E-state index contributed by atoms with van der Waals surface area (Å²) in [6.45, 7) is 7.10.